The maximum atomic E-state index is 11.1. The van der Waals surface area contributed by atoms with Gasteiger partial charge in [-0.1, -0.05) is 0 Å². The number of nitrogens with one attached hydrogen (secondary N) is 1. The maximum Gasteiger partial charge on any atom is 0.321 e. The zero-order chi connectivity index (χ0) is 18.1. The van der Waals surface area contributed by atoms with Gasteiger partial charge in [0.15, 0.2) is 0 Å². The van der Waals surface area contributed by atoms with E-state index in [1.165, 1.54) is 11.8 Å². The quantitative estimate of drug-likeness (QED) is 0.851. The normalized spacial score (nSPS) is 21.6. The molecule has 1 aromatic rings. The zero-order valence-electron chi connectivity index (χ0n) is 14.9. The van der Waals surface area contributed by atoms with Crippen molar-refractivity contribution in [2.75, 3.05) is 5.75 Å². The van der Waals surface area contributed by atoms with Gasteiger partial charge in [0.25, 0.3) is 0 Å². The minimum absolute atomic E-state index is 0.230. The molecule has 0 unspecified atom stereocenters. The highest BCUT2D eigenvalue weighted by Crippen LogP contribution is 2.38. The molecule has 2 heterocycles. The van der Waals surface area contributed by atoms with Crippen LogP contribution in [0, 0.1) is 0 Å². The Hall–Kier alpha value is -1.54. The fourth-order valence-electron chi connectivity index (χ4n) is 2.03. The first kappa shape index (κ1) is 18.8. The predicted molar refractivity (Wildman–Crippen MR) is 92.6 cm³/mol. The van der Waals surface area contributed by atoms with Gasteiger partial charge in [0.1, 0.15) is 17.2 Å². The Morgan fingerprint density at radius 3 is 2.38 bits per heavy atom. The van der Waals surface area contributed by atoms with Crippen LogP contribution in [0.15, 0.2) is 6.20 Å². The second-order valence-corrected chi connectivity index (χ2v) is 8.75. The molecule has 0 aromatic carbocycles. The molecule has 0 saturated carbocycles. The summed E-state index contributed by atoms with van der Waals surface area (Å²) in [7, 11) is 0. The summed E-state index contributed by atoms with van der Waals surface area (Å²) in [6, 6.07) is -0.351. The summed E-state index contributed by atoms with van der Waals surface area (Å²) in [4.78, 5) is 19.8. The average Bonchev–Trinajstić information content (AvgIpc) is 2.84. The SMILES string of the molecule is CC(C)(C)Oc1ncc([C@H]2N[C@@H](C(=O)O)CS2)c(OC(C)(C)C)n1. The Labute approximate surface area is 146 Å². The van der Waals surface area contributed by atoms with E-state index in [4.69, 9.17) is 14.6 Å². The Morgan fingerprint density at radius 2 is 1.88 bits per heavy atom. The van der Waals surface area contributed by atoms with Crippen LogP contribution in [0.5, 0.6) is 11.9 Å². The first-order chi connectivity index (χ1) is 10.9. The third-order valence-electron chi connectivity index (χ3n) is 2.92. The van der Waals surface area contributed by atoms with Crippen LogP contribution in [-0.4, -0.2) is 44.0 Å². The van der Waals surface area contributed by atoms with Crippen molar-refractivity contribution >= 4 is 17.7 Å². The molecule has 0 radical (unpaired) electrons. The molecule has 0 bridgehead atoms. The van der Waals surface area contributed by atoms with E-state index in [0.717, 1.165) is 5.56 Å². The number of carboxylic acids is 1. The topological polar surface area (TPSA) is 93.6 Å². The molecule has 1 aromatic heterocycles. The molecule has 7 nitrogen and oxygen atoms in total. The van der Waals surface area contributed by atoms with Crippen molar-refractivity contribution in [3.63, 3.8) is 0 Å². The van der Waals surface area contributed by atoms with Crippen molar-refractivity contribution in [2.45, 2.75) is 64.2 Å². The van der Waals surface area contributed by atoms with Gasteiger partial charge in [0.05, 0.1) is 10.9 Å². The summed E-state index contributed by atoms with van der Waals surface area (Å²) in [5, 5.41) is 12.0. The molecular formula is C16H25N3O4S. The summed E-state index contributed by atoms with van der Waals surface area (Å²) in [5.74, 6) is 0.0274. The van der Waals surface area contributed by atoms with Crippen LogP contribution in [-0.2, 0) is 4.79 Å². The third kappa shape index (κ3) is 5.24. The van der Waals surface area contributed by atoms with Crippen molar-refractivity contribution in [1.29, 1.82) is 0 Å². The van der Waals surface area contributed by atoms with E-state index in [1.54, 1.807) is 6.20 Å². The molecule has 2 rings (SSSR count). The number of aliphatic carboxylic acids is 1. The summed E-state index contributed by atoms with van der Waals surface area (Å²) in [6.07, 6.45) is 1.64. The molecule has 1 saturated heterocycles. The monoisotopic (exact) mass is 355 g/mol. The molecule has 1 fully saturated rings. The highest BCUT2D eigenvalue weighted by atomic mass is 32.2. The number of carbonyl (C=O) groups is 1. The molecule has 8 heteroatoms. The summed E-state index contributed by atoms with van der Waals surface area (Å²) in [6.45, 7) is 11.5. The lowest BCUT2D eigenvalue weighted by Crippen LogP contribution is -2.34. The fourth-order valence-corrected chi connectivity index (χ4v) is 3.25. The summed E-state index contributed by atoms with van der Waals surface area (Å²) >= 11 is 1.50. The smallest absolute Gasteiger partial charge is 0.321 e. The van der Waals surface area contributed by atoms with Crippen molar-refractivity contribution in [3.05, 3.63) is 11.8 Å². The second-order valence-electron chi connectivity index (χ2n) is 7.61. The first-order valence-electron chi connectivity index (χ1n) is 7.80. The van der Waals surface area contributed by atoms with E-state index in [2.05, 4.69) is 15.3 Å². The van der Waals surface area contributed by atoms with Crippen molar-refractivity contribution in [1.82, 2.24) is 15.3 Å². The van der Waals surface area contributed by atoms with Gasteiger partial charge in [-0.05, 0) is 41.5 Å². The number of carboxylic acid groups (broad SMARTS) is 1. The zero-order valence-corrected chi connectivity index (χ0v) is 15.7. The van der Waals surface area contributed by atoms with Crippen LogP contribution in [0.2, 0.25) is 0 Å². The minimum atomic E-state index is -0.864. The predicted octanol–water partition coefficient (Wildman–Crippen LogP) is 2.62. The Balaban J connectivity index is 2.31. The maximum absolute atomic E-state index is 11.1. The first-order valence-corrected chi connectivity index (χ1v) is 8.85. The van der Waals surface area contributed by atoms with E-state index in [9.17, 15) is 4.79 Å². The molecule has 24 heavy (non-hydrogen) atoms. The number of nitrogens with zero attached hydrogens (tertiary/aromatic N) is 2. The van der Waals surface area contributed by atoms with E-state index >= 15 is 0 Å². The second kappa shape index (κ2) is 6.76. The lowest BCUT2D eigenvalue weighted by molar-refractivity contribution is -0.138. The van der Waals surface area contributed by atoms with E-state index in [1.807, 2.05) is 41.5 Å². The molecule has 1 aliphatic heterocycles. The Kier molecular flexibility index (Phi) is 5.29. The van der Waals surface area contributed by atoms with Crippen LogP contribution >= 0.6 is 11.8 Å². The van der Waals surface area contributed by atoms with Gasteiger partial charge in [-0.2, -0.15) is 4.98 Å². The molecule has 1 aliphatic rings. The molecule has 2 atom stereocenters. The third-order valence-corrected chi connectivity index (χ3v) is 4.17. The van der Waals surface area contributed by atoms with Crippen molar-refractivity contribution in [3.8, 4) is 11.9 Å². The van der Waals surface area contributed by atoms with Gasteiger partial charge in [-0.25, -0.2) is 4.98 Å². The number of hydrogen-bond donors (Lipinski definition) is 2. The number of ether oxygens (including phenoxy) is 2. The van der Waals surface area contributed by atoms with Crippen LogP contribution in [0.25, 0.3) is 0 Å². The number of aromatic nitrogens is 2. The van der Waals surface area contributed by atoms with E-state index < -0.39 is 23.2 Å². The summed E-state index contributed by atoms with van der Waals surface area (Å²) < 4.78 is 11.7. The Bertz CT molecular complexity index is 610. The Morgan fingerprint density at radius 1 is 1.25 bits per heavy atom. The highest BCUT2D eigenvalue weighted by Gasteiger charge is 2.34. The number of rotatable bonds is 4. The van der Waals surface area contributed by atoms with Crippen LogP contribution in [0.3, 0.4) is 0 Å². The van der Waals surface area contributed by atoms with Gasteiger partial charge in [0.2, 0.25) is 5.88 Å². The molecule has 2 N–H and O–H groups in total. The molecule has 0 aliphatic carbocycles. The van der Waals surface area contributed by atoms with E-state index in [-0.39, 0.29) is 11.4 Å². The van der Waals surface area contributed by atoms with Gasteiger partial charge in [-0.15, -0.1) is 11.8 Å². The minimum Gasteiger partial charge on any atom is -0.480 e. The van der Waals surface area contributed by atoms with Gasteiger partial charge in [-0.3, -0.25) is 10.1 Å². The van der Waals surface area contributed by atoms with Gasteiger partial charge < -0.3 is 14.6 Å². The van der Waals surface area contributed by atoms with Crippen molar-refractivity contribution in [2.24, 2.45) is 0 Å². The average molecular weight is 355 g/mol. The molecule has 134 valence electrons. The lowest BCUT2D eigenvalue weighted by Gasteiger charge is -2.25. The molecular weight excluding hydrogens is 330 g/mol. The number of hydrogen-bond acceptors (Lipinski definition) is 7. The van der Waals surface area contributed by atoms with Crippen LogP contribution in [0.4, 0.5) is 0 Å². The largest absolute Gasteiger partial charge is 0.480 e. The van der Waals surface area contributed by atoms with Gasteiger partial charge in [0, 0.05) is 11.9 Å². The van der Waals surface area contributed by atoms with Crippen LogP contribution < -0.4 is 14.8 Å². The van der Waals surface area contributed by atoms with Gasteiger partial charge >= 0.3 is 12.0 Å². The van der Waals surface area contributed by atoms with Crippen molar-refractivity contribution < 1.29 is 19.4 Å². The fraction of sp³-hybridized carbons (Fsp3) is 0.688. The molecule has 0 spiro atoms. The lowest BCUT2D eigenvalue weighted by atomic mass is 10.2. The van der Waals surface area contributed by atoms with Crippen LogP contribution in [0.1, 0.15) is 52.5 Å². The van der Waals surface area contributed by atoms with E-state index in [0.29, 0.717) is 11.6 Å². The summed E-state index contributed by atoms with van der Waals surface area (Å²) in [5.41, 5.74) is -0.146. The highest BCUT2D eigenvalue weighted by molar-refractivity contribution is 7.99. The number of thioether (sulfide) groups is 1. The standard InChI is InChI=1S/C16H25N3O4S/c1-15(2,3)22-11-9(12-18-10(8-24-12)13(20)21)7-17-14(19-11)23-16(4,5)6/h7,10,12,18H,8H2,1-6H3,(H,20,21)/t10-,12+/m1/s1. The molecule has 0 amide bonds.